The first-order valence-electron chi connectivity index (χ1n) is 9.22. The van der Waals surface area contributed by atoms with E-state index in [-0.39, 0.29) is 23.8 Å². The quantitative estimate of drug-likeness (QED) is 0.574. The van der Waals surface area contributed by atoms with Crippen LogP contribution in [0.15, 0.2) is 36.4 Å². The van der Waals surface area contributed by atoms with Crippen molar-refractivity contribution < 1.29 is 29.8 Å². The Hall–Kier alpha value is -2.77. The molecule has 1 aliphatic rings. The third-order valence-corrected chi connectivity index (χ3v) is 4.80. The van der Waals surface area contributed by atoms with Crippen molar-refractivity contribution in [1.82, 2.24) is 0 Å². The highest BCUT2D eigenvalue weighted by atomic mass is 16.5. The fraction of sp³-hybridized carbons (Fsp3) is 0.381. The van der Waals surface area contributed by atoms with Crippen LogP contribution in [0, 0.1) is 0 Å². The first-order valence-corrected chi connectivity index (χ1v) is 9.22. The maximum atomic E-state index is 11.5. The Morgan fingerprint density at radius 1 is 1.29 bits per heavy atom. The Morgan fingerprint density at radius 2 is 2.00 bits per heavy atom. The van der Waals surface area contributed by atoms with Crippen molar-refractivity contribution in [3.8, 4) is 17.2 Å². The molecule has 0 bridgehead atoms. The predicted molar refractivity (Wildman–Crippen MR) is 105 cm³/mol. The Kier molecular flexibility index (Phi) is 5.76. The molecule has 5 N–H and O–H groups in total. The molecular weight excluding hydrogens is 360 g/mol. The van der Waals surface area contributed by atoms with Gasteiger partial charge in [0.25, 0.3) is 5.91 Å². The van der Waals surface area contributed by atoms with Crippen LogP contribution in [0.5, 0.6) is 17.2 Å². The Labute approximate surface area is 164 Å². The third-order valence-electron chi connectivity index (χ3n) is 4.80. The number of anilines is 1. The van der Waals surface area contributed by atoms with E-state index >= 15 is 0 Å². The van der Waals surface area contributed by atoms with Crippen molar-refractivity contribution in [3.05, 3.63) is 47.5 Å². The summed E-state index contributed by atoms with van der Waals surface area (Å²) in [4.78, 5) is 11.5. The molecule has 1 heterocycles. The van der Waals surface area contributed by atoms with E-state index in [2.05, 4.69) is 24.5 Å². The molecule has 1 atom stereocenters. The van der Waals surface area contributed by atoms with Crippen LogP contribution >= 0.6 is 0 Å². The number of phenols is 1. The number of nitrogens with two attached hydrogens (primary N) is 1. The van der Waals surface area contributed by atoms with Gasteiger partial charge in [0, 0.05) is 18.1 Å². The van der Waals surface area contributed by atoms with E-state index in [1.165, 1.54) is 17.7 Å². The number of carbonyl (C=O) groups excluding carboxylic acids is 1. The predicted octanol–water partition coefficient (Wildman–Crippen LogP) is 1.35. The summed E-state index contributed by atoms with van der Waals surface area (Å²) in [5.41, 5.74) is 1.87. The summed E-state index contributed by atoms with van der Waals surface area (Å²) >= 11 is 0. The zero-order chi connectivity index (χ0) is 20.3. The molecule has 0 aromatic heterocycles. The lowest BCUT2D eigenvalue weighted by molar-refractivity contribution is -0.726. The van der Waals surface area contributed by atoms with Gasteiger partial charge in [0.2, 0.25) is 0 Å². The Morgan fingerprint density at radius 3 is 2.68 bits per heavy atom. The summed E-state index contributed by atoms with van der Waals surface area (Å²) in [6, 6.07) is 10.8. The summed E-state index contributed by atoms with van der Waals surface area (Å²) in [5.74, 6) is 0.912. The fourth-order valence-electron chi connectivity index (χ4n) is 3.36. The van der Waals surface area contributed by atoms with E-state index < -0.39 is 6.10 Å². The number of hydrogen-bond donors (Lipinski definition) is 4. The number of aliphatic hydroxyl groups is 1. The van der Waals surface area contributed by atoms with Gasteiger partial charge in [-0.1, -0.05) is 12.1 Å². The number of quaternary nitrogens is 1. The second kappa shape index (κ2) is 8.08. The molecule has 0 radical (unpaired) electrons. The fourth-order valence-corrected chi connectivity index (χ4v) is 3.36. The van der Waals surface area contributed by atoms with Gasteiger partial charge < -0.3 is 30.3 Å². The highest BCUT2D eigenvalue weighted by Crippen LogP contribution is 2.38. The van der Waals surface area contributed by atoms with Crippen LogP contribution in [-0.4, -0.2) is 41.9 Å². The molecule has 2 aromatic carbocycles. The third kappa shape index (κ3) is 4.74. The summed E-state index contributed by atoms with van der Waals surface area (Å²) in [6.07, 6.45) is -0.0417. The molecular formula is C21H27N2O5+. The zero-order valence-electron chi connectivity index (χ0n) is 16.4. The average molecular weight is 387 g/mol. The van der Waals surface area contributed by atoms with Crippen LogP contribution in [0.25, 0.3) is 0 Å². The number of hydrogen-bond acceptors (Lipinski definition) is 5. The van der Waals surface area contributed by atoms with Gasteiger partial charge >= 0.3 is 0 Å². The van der Waals surface area contributed by atoms with Crippen molar-refractivity contribution in [2.24, 2.45) is 0 Å². The molecule has 0 saturated carbocycles. The lowest BCUT2D eigenvalue weighted by atomic mass is 9.94. The van der Waals surface area contributed by atoms with E-state index in [4.69, 9.17) is 9.47 Å². The molecule has 1 unspecified atom stereocenters. The minimum absolute atomic E-state index is 0.0314. The van der Waals surface area contributed by atoms with Gasteiger partial charge in [0.05, 0.1) is 18.3 Å². The van der Waals surface area contributed by atoms with Crippen LogP contribution < -0.4 is 20.1 Å². The van der Waals surface area contributed by atoms with Crippen molar-refractivity contribution in [1.29, 1.82) is 0 Å². The number of aliphatic hydroxyl groups excluding tert-OH is 1. The second-order valence-corrected chi connectivity index (χ2v) is 7.72. The number of methoxy groups -OCH3 is 1. The van der Waals surface area contributed by atoms with Gasteiger partial charge in [-0.2, -0.15) is 0 Å². The smallest absolute Gasteiger partial charge is 0.262 e. The first kappa shape index (κ1) is 20.0. The molecule has 7 nitrogen and oxygen atoms in total. The lowest BCUT2D eigenvalue weighted by Gasteiger charge is -2.26. The zero-order valence-corrected chi connectivity index (χ0v) is 16.4. The standard InChI is InChI=1S/C21H26N2O5/c1-21(2,10-13-4-6-15(27-3)7-5-13)22-11-18(25)16-8-14(24)9-17-20(16)28-12-19(26)23-17/h4-9,18,22,24-25H,10-12H2,1-3H3,(H,23,26)/p+1. The van der Waals surface area contributed by atoms with Crippen LogP contribution in [-0.2, 0) is 11.2 Å². The summed E-state index contributed by atoms with van der Waals surface area (Å²) < 4.78 is 10.7. The summed E-state index contributed by atoms with van der Waals surface area (Å²) in [5, 5.41) is 25.4. The number of benzene rings is 2. The average Bonchev–Trinajstić information content (AvgIpc) is 2.65. The van der Waals surface area contributed by atoms with Crippen molar-refractivity contribution >= 4 is 11.6 Å². The Balaban J connectivity index is 1.67. The van der Waals surface area contributed by atoms with Crippen LogP contribution in [0.1, 0.15) is 31.1 Å². The van der Waals surface area contributed by atoms with Gasteiger partial charge in [-0.05, 0) is 37.6 Å². The second-order valence-electron chi connectivity index (χ2n) is 7.72. The molecule has 3 rings (SSSR count). The SMILES string of the molecule is COc1ccc(CC(C)(C)[NH2+]CC(O)c2cc(O)cc3c2OCC(=O)N3)cc1. The molecule has 28 heavy (non-hydrogen) atoms. The topological polar surface area (TPSA) is 105 Å². The van der Waals surface area contributed by atoms with Crippen molar-refractivity contribution in [3.63, 3.8) is 0 Å². The van der Waals surface area contributed by atoms with E-state index in [1.54, 1.807) is 7.11 Å². The molecule has 150 valence electrons. The number of phenolic OH excluding ortho intramolecular Hbond substituents is 1. The van der Waals surface area contributed by atoms with E-state index in [9.17, 15) is 15.0 Å². The van der Waals surface area contributed by atoms with Crippen molar-refractivity contribution in [2.75, 3.05) is 25.6 Å². The maximum Gasteiger partial charge on any atom is 0.262 e. The first-order chi connectivity index (χ1) is 13.3. The van der Waals surface area contributed by atoms with Gasteiger partial charge in [0.15, 0.2) is 6.61 Å². The lowest BCUT2D eigenvalue weighted by Crippen LogP contribution is -2.96. The van der Waals surface area contributed by atoms with Gasteiger partial charge in [-0.25, -0.2) is 0 Å². The summed E-state index contributed by atoms with van der Waals surface area (Å²) in [7, 11) is 1.64. The molecule has 0 aliphatic carbocycles. The number of carbonyl (C=O) groups is 1. The molecule has 0 fully saturated rings. The van der Waals surface area contributed by atoms with E-state index in [1.807, 2.05) is 24.3 Å². The minimum Gasteiger partial charge on any atom is -0.508 e. The number of ether oxygens (including phenoxy) is 2. The molecule has 0 saturated heterocycles. The summed E-state index contributed by atoms with van der Waals surface area (Å²) in [6.45, 7) is 4.50. The van der Waals surface area contributed by atoms with Crippen LogP contribution in [0.3, 0.4) is 0 Å². The highest BCUT2D eigenvalue weighted by Gasteiger charge is 2.28. The Bertz CT molecular complexity index is 849. The van der Waals surface area contributed by atoms with E-state index in [0.29, 0.717) is 23.5 Å². The van der Waals surface area contributed by atoms with Crippen LogP contribution in [0.4, 0.5) is 5.69 Å². The largest absolute Gasteiger partial charge is 0.508 e. The minimum atomic E-state index is -0.856. The molecule has 2 aromatic rings. The monoisotopic (exact) mass is 387 g/mol. The van der Waals surface area contributed by atoms with Gasteiger partial charge in [0.1, 0.15) is 29.9 Å². The van der Waals surface area contributed by atoms with E-state index in [0.717, 1.165) is 12.2 Å². The number of aromatic hydroxyl groups is 1. The number of nitrogens with one attached hydrogen (secondary N) is 1. The molecule has 7 heteroatoms. The van der Waals surface area contributed by atoms with Crippen molar-refractivity contribution in [2.45, 2.75) is 31.9 Å². The van der Waals surface area contributed by atoms with Gasteiger partial charge in [-0.3, -0.25) is 4.79 Å². The van der Waals surface area contributed by atoms with Gasteiger partial charge in [-0.15, -0.1) is 0 Å². The normalized spacial score (nSPS) is 14.6. The number of amides is 1. The number of fused-ring (bicyclic) bond motifs is 1. The highest BCUT2D eigenvalue weighted by molar-refractivity contribution is 5.96. The molecule has 1 aliphatic heterocycles. The maximum absolute atomic E-state index is 11.5. The number of rotatable bonds is 7. The molecule has 1 amide bonds. The van der Waals surface area contributed by atoms with Crippen LogP contribution in [0.2, 0.25) is 0 Å². The molecule has 0 spiro atoms.